The Bertz CT molecular complexity index is 1690. The second-order valence-electron chi connectivity index (χ2n) is 11.4. The van der Waals surface area contributed by atoms with Gasteiger partial charge in [-0.25, -0.2) is 13.8 Å². The highest BCUT2D eigenvalue weighted by Gasteiger charge is 2.33. The summed E-state index contributed by atoms with van der Waals surface area (Å²) in [6.07, 6.45) is 0.00760. The first-order chi connectivity index (χ1) is 21.0. The Morgan fingerprint density at radius 2 is 2.00 bits per heavy atom. The summed E-state index contributed by atoms with van der Waals surface area (Å²) in [7, 11) is 1.45. The number of Topliss-reactive ketones (excluding diaryl/α,β-unsaturated/α-hetero) is 1. The van der Waals surface area contributed by atoms with Crippen molar-refractivity contribution < 1.29 is 33.0 Å². The highest BCUT2D eigenvalue weighted by atomic mass is 32.1. The monoisotopic (exact) mass is 627 g/mol. The number of ketones is 1. The molecule has 0 saturated carbocycles. The maximum Gasteiger partial charge on any atom is 0.268 e. The lowest BCUT2D eigenvalue weighted by Crippen LogP contribution is -2.51. The molecule has 4 aromatic rings. The van der Waals surface area contributed by atoms with Crippen LogP contribution in [0.2, 0.25) is 0 Å². The number of methoxy groups -OCH3 is 1. The highest BCUT2D eigenvalue weighted by Crippen LogP contribution is 2.29. The van der Waals surface area contributed by atoms with E-state index in [4.69, 9.17) is 4.74 Å². The molecule has 0 bridgehead atoms. The average Bonchev–Trinajstić information content (AvgIpc) is 3.74. The molecule has 44 heavy (non-hydrogen) atoms. The van der Waals surface area contributed by atoms with E-state index < -0.39 is 47.4 Å². The van der Waals surface area contributed by atoms with E-state index in [9.17, 15) is 28.3 Å². The average molecular weight is 628 g/mol. The second-order valence-corrected chi connectivity index (χ2v) is 12.5. The molecule has 2 aromatic carbocycles. The van der Waals surface area contributed by atoms with E-state index in [0.29, 0.717) is 35.2 Å². The number of hydrogen-bond donors (Lipinski definition) is 5. The molecule has 10 nitrogen and oxygen atoms in total. The van der Waals surface area contributed by atoms with Crippen molar-refractivity contribution in [2.24, 2.45) is 11.8 Å². The summed E-state index contributed by atoms with van der Waals surface area (Å²) in [5.41, 5.74) is 0.331. The molecule has 0 aliphatic carbocycles. The molecule has 5 rings (SSSR count). The molecule has 1 fully saturated rings. The lowest BCUT2D eigenvalue weighted by molar-refractivity contribution is -0.122. The van der Waals surface area contributed by atoms with Gasteiger partial charge in [0.2, 0.25) is 11.7 Å². The van der Waals surface area contributed by atoms with Crippen LogP contribution >= 0.6 is 11.3 Å². The van der Waals surface area contributed by atoms with E-state index in [-0.39, 0.29) is 46.5 Å². The van der Waals surface area contributed by atoms with Gasteiger partial charge in [-0.15, -0.1) is 11.3 Å². The van der Waals surface area contributed by atoms with Crippen molar-refractivity contribution in [3.05, 3.63) is 58.7 Å². The Hall–Kier alpha value is -3.94. The Labute approximate surface area is 256 Å². The van der Waals surface area contributed by atoms with Gasteiger partial charge in [0.25, 0.3) is 5.91 Å². The summed E-state index contributed by atoms with van der Waals surface area (Å²) in [4.78, 5) is 46.3. The number of carbonyl (C=O) groups is 3. The van der Waals surface area contributed by atoms with Crippen LogP contribution in [0.3, 0.4) is 0 Å². The van der Waals surface area contributed by atoms with Crippen LogP contribution in [0, 0.1) is 23.5 Å². The van der Waals surface area contributed by atoms with Crippen LogP contribution in [-0.4, -0.2) is 71.1 Å². The Morgan fingerprint density at radius 3 is 2.68 bits per heavy atom. The van der Waals surface area contributed by atoms with Gasteiger partial charge in [0.1, 0.15) is 28.6 Å². The first kappa shape index (κ1) is 31.5. The van der Waals surface area contributed by atoms with Crippen LogP contribution < -0.4 is 20.7 Å². The van der Waals surface area contributed by atoms with Gasteiger partial charge in [-0.1, -0.05) is 19.9 Å². The van der Waals surface area contributed by atoms with Gasteiger partial charge >= 0.3 is 0 Å². The van der Waals surface area contributed by atoms with Crippen LogP contribution in [0.5, 0.6) is 5.75 Å². The van der Waals surface area contributed by atoms with Gasteiger partial charge < -0.3 is 30.8 Å². The third-order valence-electron chi connectivity index (χ3n) is 7.83. The minimum atomic E-state index is -1.13. The predicted octanol–water partition coefficient (Wildman–Crippen LogP) is 3.94. The summed E-state index contributed by atoms with van der Waals surface area (Å²) in [6.45, 7) is 4.31. The zero-order chi connectivity index (χ0) is 31.5. The fourth-order valence-corrected chi connectivity index (χ4v) is 6.51. The molecular formula is C31H35F2N5O5S. The number of nitrogens with zero attached hydrogens (tertiary/aromatic N) is 1. The number of benzene rings is 2. The Morgan fingerprint density at radius 1 is 1.20 bits per heavy atom. The minimum absolute atomic E-state index is 0.0865. The fourth-order valence-electron chi connectivity index (χ4n) is 5.54. The van der Waals surface area contributed by atoms with E-state index in [1.54, 1.807) is 12.1 Å². The normalized spacial score (nSPS) is 17.2. The number of para-hydroxylation sites is 1. The van der Waals surface area contributed by atoms with Crippen LogP contribution in [0.15, 0.2) is 36.4 Å². The van der Waals surface area contributed by atoms with Crippen LogP contribution in [-0.2, 0) is 4.79 Å². The molecule has 1 aliphatic heterocycles. The molecule has 1 unspecified atom stereocenters. The number of hydrogen-bond acceptors (Lipinski definition) is 8. The molecule has 2 amide bonds. The Kier molecular flexibility index (Phi) is 9.56. The number of amides is 2. The molecule has 5 N–H and O–H groups in total. The number of aromatic amines is 1. The smallest absolute Gasteiger partial charge is 0.268 e. The number of nitrogens with one attached hydrogen (secondary N) is 4. The number of aliphatic hydroxyl groups excluding tert-OH is 1. The van der Waals surface area contributed by atoms with Gasteiger partial charge in [-0.05, 0) is 55.5 Å². The summed E-state index contributed by atoms with van der Waals surface area (Å²) >= 11 is 1.07. The third kappa shape index (κ3) is 6.74. The fraction of sp³-hybridized carbons (Fsp3) is 0.419. The summed E-state index contributed by atoms with van der Waals surface area (Å²) in [6, 6.07) is 7.10. The number of halogens is 2. The molecule has 1 aliphatic rings. The molecule has 0 spiro atoms. The maximum absolute atomic E-state index is 14.4. The van der Waals surface area contributed by atoms with Crippen molar-refractivity contribution in [3.8, 4) is 5.75 Å². The maximum atomic E-state index is 14.4. The molecular weight excluding hydrogens is 592 g/mol. The van der Waals surface area contributed by atoms with Gasteiger partial charge in [0.05, 0.1) is 35.5 Å². The van der Waals surface area contributed by atoms with Crippen molar-refractivity contribution in [1.29, 1.82) is 0 Å². The minimum Gasteiger partial charge on any atom is -0.496 e. The molecule has 3 heterocycles. The largest absolute Gasteiger partial charge is 0.496 e. The lowest BCUT2D eigenvalue weighted by atomic mass is 9.94. The third-order valence-corrected chi connectivity index (χ3v) is 8.86. The summed E-state index contributed by atoms with van der Waals surface area (Å²) in [5, 5.41) is 20.5. The molecule has 13 heteroatoms. The van der Waals surface area contributed by atoms with Gasteiger partial charge in [-0.3, -0.25) is 14.4 Å². The van der Waals surface area contributed by atoms with Crippen molar-refractivity contribution in [1.82, 2.24) is 25.9 Å². The number of thiazole rings is 1. The van der Waals surface area contributed by atoms with Crippen molar-refractivity contribution in [3.63, 3.8) is 0 Å². The van der Waals surface area contributed by atoms with E-state index in [1.807, 2.05) is 13.8 Å². The lowest BCUT2D eigenvalue weighted by Gasteiger charge is -2.28. The quantitative estimate of drug-likeness (QED) is 0.141. The Balaban J connectivity index is 1.33. The summed E-state index contributed by atoms with van der Waals surface area (Å²) in [5.74, 6) is -2.09. The molecule has 2 aromatic heterocycles. The molecule has 0 radical (unpaired) electrons. The SMILES string of the molecule is COc1ccc(F)c2[nH]c(C(=O)N[C@@H](CC(C)C)C(O)CN[C@@H](C[C@@H]3CCNC3=O)C(=O)c3nc4c(F)cccc4s3)cc12. The predicted molar refractivity (Wildman–Crippen MR) is 163 cm³/mol. The van der Waals surface area contributed by atoms with Crippen LogP contribution in [0.1, 0.15) is 53.4 Å². The zero-order valence-electron chi connectivity index (χ0n) is 24.6. The summed E-state index contributed by atoms with van der Waals surface area (Å²) < 4.78 is 34.5. The number of aliphatic hydroxyl groups is 1. The van der Waals surface area contributed by atoms with E-state index in [2.05, 4.69) is 25.9 Å². The standard InChI is InChI=1S/C31H35F2N5O5S/c1-15(2)11-20(37-30(42)22-13-17-24(43-3)8-7-19(33)26(17)36-22)23(39)14-35-21(12-16-9-10-34-29(16)41)28(40)31-38-27-18(32)5-4-6-25(27)44-31/h4-8,13,15-16,20-21,23,35-36,39H,9-12,14H2,1-3H3,(H,34,41)(H,37,42)/t16-,20-,21-,23?/m0/s1. The van der Waals surface area contributed by atoms with E-state index in [0.717, 1.165) is 11.3 Å². The molecule has 4 atom stereocenters. The van der Waals surface area contributed by atoms with Crippen LogP contribution in [0.25, 0.3) is 21.1 Å². The van der Waals surface area contributed by atoms with Crippen LogP contribution in [0.4, 0.5) is 8.78 Å². The van der Waals surface area contributed by atoms with Gasteiger partial charge in [-0.2, -0.15) is 0 Å². The zero-order valence-corrected chi connectivity index (χ0v) is 25.4. The second kappa shape index (κ2) is 13.4. The molecule has 234 valence electrons. The van der Waals surface area contributed by atoms with Gasteiger partial charge in [0.15, 0.2) is 5.01 Å². The first-order valence-electron chi connectivity index (χ1n) is 14.5. The van der Waals surface area contributed by atoms with Crippen molar-refractivity contribution in [2.75, 3.05) is 20.2 Å². The van der Waals surface area contributed by atoms with E-state index >= 15 is 0 Å². The number of aromatic nitrogens is 2. The number of fused-ring (bicyclic) bond motifs is 2. The topological polar surface area (TPSA) is 145 Å². The van der Waals surface area contributed by atoms with E-state index in [1.165, 1.54) is 31.4 Å². The van der Waals surface area contributed by atoms with Crippen molar-refractivity contribution >= 4 is 50.1 Å². The highest BCUT2D eigenvalue weighted by molar-refractivity contribution is 7.20. The van der Waals surface area contributed by atoms with Gasteiger partial charge in [0, 0.05) is 24.4 Å². The number of H-pyrrole nitrogens is 1. The number of carbonyl (C=O) groups excluding carboxylic acids is 3. The van der Waals surface area contributed by atoms with Crippen molar-refractivity contribution in [2.45, 2.75) is 51.3 Å². The number of ether oxygens (including phenoxy) is 1. The first-order valence-corrected chi connectivity index (χ1v) is 15.3. The number of rotatable bonds is 13. The molecule has 1 saturated heterocycles.